The van der Waals surface area contributed by atoms with Gasteiger partial charge in [-0.25, -0.2) is 0 Å². The molecule has 0 fully saturated rings. The van der Waals surface area contributed by atoms with Gasteiger partial charge in [0.05, 0.1) is 6.61 Å². The lowest BCUT2D eigenvalue weighted by molar-refractivity contribution is -0.115. The first kappa shape index (κ1) is 24.1. The molecule has 0 saturated carbocycles. The molecule has 0 spiro atoms. The van der Waals surface area contributed by atoms with Gasteiger partial charge in [0.2, 0.25) is 5.91 Å². The zero-order chi connectivity index (χ0) is 22.5. The summed E-state index contributed by atoms with van der Waals surface area (Å²) >= 11 is 5.03. The number of aryl methyl sites for hydroxylation is 1. The molecule has 31 heavy (non-hydrogen) atoms. The van der Waals surface area contributed by atoms with Crippen LogP contribution >= 0.6 is 12.2 Å². The van der Waals surface area contributed by atoms with Crippen molar-refractivity contribution in [2.24, 2.45) is 0 Å². The Labute approximate surface area is 189 Å². The lowest BCUT2D eigenvalue weighted by Gasteiger charge is -2.10. The van der Waals surface area contributed by atoms with Crippen LogP contribution in [0.1, 0.15) is 54.1 Å². The average molecular weight is 440 g/mol. The summed E-state index contributed by atoms with van der Waals surface area (Å²) in [6.45, 7) is 4.83. The minimum absolute atomic E-state index is 0.000983. The van der Waals surface area contributed by atoms with Gasteiger partial charge in [-0.15, -0.1) is 0 Å². The van der Waals surface area contributed by atoms with E-state index in [4.69, 9.17) is 17.0 Å². The Balaban J connectivity index is 1.71. The Morgan fingerprint density at radius 3 is 2.35 bits per heavy atom. The van der Waals surface area contributed by atoms with Crippen LogP contribution in [0, 0.1) is 6.92 Å². The van der Waals surface area contributed by atoms with E-state index in [2.05, 4.69) is 23.1 Å². The normalized spacial score (nSPS) is 10.5. The molecule has 2 rings (SSSR count). The molecular weight excluding hydrogens is 410 g/mol. The van der Waals surface area contributed by atoms with E-state index < -0.39 is 5.91 Å². The van der Waals surface area contributed by atoms with Crippen LogP contribution in [0.3, 0.4) is 0 Å². The van der Waals surface area contributed by atoms with E-state index in [1.807, 2.05) is 31.2 Å². The number of ether oxygens (including phenoxy) is 1. The monoisotopic (exact) mass is 439 g/mol. The highest BCUT2D eigenvalue weighted by Crippen LogP contribution is 2.13. The highest BCUT2D eigenvalue weighted by Gasteiger charge is 2.07. The second-order valence-electron chi connectivity index (χ2n) is 7.08. The predicted octanol–water partition coefficient (Wildman–Crippen LogP) is 4.30. The van der Waals surface area contributed by atoms with Gasteiger partial charge < -0.3 is 4.74 Å². The van der Waals surface area contributed by atoms with Gasteiger partial charge in [-0.2, -0.15) is 0 Å². The van der Waals surface area contributed by atoms with Gasteiger partial charge in [0, 0.05) is 11.6 Å². The molecule has 164 valence electrons. The molecule has 0 heterocycles. The van der Waals surface area contributed by atoms with Crippen molar-refractivity contribution in [3.63, 3.8) is 0 Å². The first-order valence-electron chi connectivity index (χ1n) is 10.4. The Morgan fingerprint density at radius 2 is 1.68 bits per heavy atom. The first-order valence-corrected chi connectivity index (χ1v) is 10.8. The average Bonchev–Trinajstić information content (AvgIpc) is 2.77. The lowest BCUT2D eigenvalue weighted by Crippen LogP contribution is -2.48. The molecule has 2 aromatic rings. The van der Waals surface area contributed by atoms with Crippen LogP contribution in [0.15, 0.2) is 54.6 Å². The third-order valence-corrected chi connectivity index (χ3v) is 4.62. The summed E-state index contributed by atoms with van der Waals surface area (Å²) in [5.41, 5.74) is 7.47. The van der Waals surface area contributed by atoms with Gasteiger partial charge in [0.15, 0.2) is 5.11 Å². The summed E-state index contributed by atoms with van der Waals surface area (Å²) in [7, 11) is 0. The van der Waals surface area contributed by atoms with E-state index in [0.717, 1.165) is 29.7 Å². The molecule has 3 N–H and O–H groups in total. The summed E-state index contributed by atoms with van der Waals surface area (Å²) in [5, 5.41) is 2.47. The third kappa shape index (κ3) is 9.44. The van der Waals surface area contributed by atoms with Crippen LogP contribution < -0.4 is 20.9 Å². The van der Waals surface area contributed by atoms with E-state index in [1.165, 1.54) is 18.9 Å². The van der Waals surface area contributed by atoms with Gasteiger partial charge in [0.25, 0.3) is 5.91 Å². The standard InChI is InChI=1S/C24H29N3O3S/c1-3-4-5-6-17-30-21-14-12-20(13-15-21)23(29)26-27-24(31)25-22(28)16-11-19-9-7-18(2)8-10-19/h7-16H,3-6,17H2,1-2H3,(H,26,29)(H2,25,27,28,31)/b16-11+. The van der Waals surface area contributed by atoms with Crippen molar-refractivity contribution < 1.29 is 14.3 Å². The molecule has 0 saturated heterocycles. The van der Waals surface area contributed by atoms with Gasteiger partial charge in [-0.1, -0.05) is 56.0 Å². The molecule has 0 radical (unpaired) electrons. The molecule has 0 aliphatic carbocycles. The maximum Gasteiger partial charge on any atom is 0.269 e. The highest BCUT2D eigenvalue weighted by molar-refractivity contribution is 7.80. The number of nitrogens with one attached hydrogen (secondary N) is 3. The maximum absolute atomic E-state index is 12.2. The number of carbonyl (C=O) groups is 2. The van der Waals surface area contributed by atoms with Gasteiger partial charge >= 0.3 is 0 Å². The first-order chi connectivity index (χ1) is 15.0. The molecule has 2 aromatic carbocycles. The van der Waals surface area contributed by atoms with E-state index in [-0.39, 0.29) is 11.0 Å². The SMILES string of the molecule is CCCCCCOc1ccc(C(=O)NNC(=S)NC(=O)/C=C/c2ccc(C)cc2)cc1. The van der Waals surface area contributed by atoms with Crippen molar-refractivity contribution in [3.8, 4) is 5.75 Å². The number of thiocarbonyl (C=S) groups is 1. The maximum atomic E-state index is 12.2. The van der Waals surface area contributed by atoms with Crippen molar-refractivity contribution in [1.29, 1.82) is 0 Å². The largest absolute Gasteiger partial charge is 0.494 e. The molecule has 0 unspecified atom stereocenters. The number of amides is 2. The quantitative estimate of drug-likeness (QED) is 0.235. The second kappa shape index (κ2) is 13.2. The Bertz CT molecular complexity index is 893. The molecule has 0 aliphatic heterocycles. The summed E-state index contributed by atoms with van der Waals surface area (Å²) in [6, 6.07) is 14.6. The second-order valence-corrected chi connectivity index (χ2v) is 7.48. The summed E-state index contributed by atoms with van der Waals surface area (Å²) in [5.74, 6) is -0.0433. The molecule has 0 aliphatic rings. The number of benzene rings is 2. The number of carbonyl (C=O) groups excluding carboxylic acids is 2. The number of rotatable bonds is 9. The van der Waals surface area contributed by atoms with E-state index in [0.29, 0.717) is 12.2 Å². The molecule has 0 atom stereocenters. The fraction of sp³-hybridized carbons (Fsp3) is 0.292. The predicted molar refractivity (Wildman–Crippen MR) is 128 cm³/mol. The van der Waals surface area contributed by atoms with E-state index in [9.17, 15) is 9.59 Å². The minimum atomic E-state index is -0.396. The molecule has 0 bridgehead atoms. The number of hydrogen-bond donors (Lipinski definition) is 3. The van der Waals surface area contributed by atoms with Crippen LogP contribution in [-0.2, 0) is 4.79 Å². The Morgan fingerprint density at radius 1 is 0.968 bits per heavy atom. The smallest absolute Gasteiger partial charge is 0.269 e. The summed E-state index contributed by atoms with van der Waals surface area (Å²) < 4.78 is 5.67. The Hall–Kier alpha value is -3.19. The third-order valence-electron chi connectivity index (χ3n) is 4.41. The van der Waals surface area contributed by atoms with Gasteiger partial charge in [-0.05, 0) is 61.5 Å². The molecule has 7 heteroatoms. The molecular formula is C24H29N3O3S. The topological polar surface area (TPSA) is 79.5 Å². The molecule has 2 amide bonds. The fourth-order valence-electron chi connectivity index (χ4n) is 2.64. The van der Waals surface area contributed by atoms with Crippen LogP contribution in [-0.4, -0.2) is 23.5 Å². The van der Waals surface area contributed by atoms with Crippen molar-refractivity contribution in [3.05, 3.63) is 71.3 Å². The van der Waals surface area contributed by atoms with Crippen LogP contribution in [0.4, 0.5) is 0 Å². The van der Waals surface area contributed by atoms with Crippen LogP contribution in [0.5, 0.6) is 5.75 Å². The lowest BCUT2D eigenvalue weighted by atomic mass is 10.1. The van der Waals surface area contributed by atoms with Crippen molar-refractivity contribution in [2.75, 3.05) is 6.61 Å². The van der Waals surface area contributed by atoms with Crippen molar-refractivity contribution in [2.45, 2.75) is 39.5 Å². The zero-order valence-electron chi connectivity index (χ0n) is 17.9. The zero-order valence-corrected chi connectivity index (χ0v) is 18.8. The van der Waals surface area contributed by atoms with Crippen LogP contribution in [0.2, 0.25) is 0 Å². The van der Waals surface area contributed by atoms with Crippen molar-refractivity contribution >= 4 is 35.2 Å². The fourth-order valence-corrected chi connectivity index (χ4v) is 2.79. The summed E-state index contributed by atoms with van der Waals surface area (Å²) in [4.78, 5) is 24.2. The van der Waals surface area contributed by atoms with Crippen molar-refractivity contribution in [1.82, 2.24) is 16.2 Å². The number of hydrogen-bond acceptors (Lipinski definition) is 4. The molecule has 0 aromatic heterocycles. The minimum Gasteiger partial charge on any atom is -0.494 e. The Kier molecular flexibility index (Phi) is 10.2. The van der Waals surface area contributed by atoms with Gasteiger partial charge in [-0.3, -0.25) is 25.8 Å². The highest BCUT2D eigenvalue weighted by atomic mass is 32.1. The van der Waals surface area contributed by atoms with Gasteiger partial charge in [0.1, 0.15) is 5.75 Å². The van der Waals surface area contributed by atoms with E-state index >= 15 is 0 Å². The molecule has 6 nitrogen and oxygen atoms in total. The number of unbranched alkanes of at least 4 members (excludes halogenated alkanes) is 3. The summed E-state index contributed by atoms with van der Waals surface area (Å²) in [6.07, 6.45) is 7.63. The number of hydrazine groups is 1. The van der Waals surface area contributed by atoms with E-state index in [1.54, 1.807) is 30.3 Å². The van der Waals surface area contributed by atoms with Crippen LogP contribution in [0.25, 0.3) is 6.08 Å².